The maximum atomic E-state index is 10.9. The summed E-state index contributed by atoms with van der Waals surface area (Å²) in [5.74, 6) is -0.862. The van der Waals surface area contributed by atoms with Crippen LogP contribution >= 0.6 is 15.9 Å². The third-order valence-electron chi connectivity index (χ3n) is 2.76. The quantitative estimate of drug-likeness (QED) is 0.931. The summed E-state index contributed by atoms with van der Waals surface area (Å²) in [7, 11) is 0. The second-order valence-corrected chi connectivity index (χ2v) is 5.26. The van der Waals surface area contributed by atoms with Crippen LogP contribution in [-0.4, -0.2) is 31.3 Å². The summed E-state index contributed by atoms with van der Waals surface area (Å²) in [4.78, 5) is 10.9. The van der Waals surface area contributed by atoms with Crippen molar-refractivity contribution in [3.8, 4) is 11.4 Å². The molecule has 0 saturated carbocycles. The molecule has 0 aliphatic heterocycles. The van der Waals surface area contributed by atoms with Crippen molar-refractivity contribution in [2.75, 3.05) is 0 Å². The van der Waals surface area contributed by atoms with Crippen LogP contribution in [0.15, 0.2) is 22.7 Å². The number of aromatic nitrogens is 4. The van der Waals surface area contributed by atoms with Gasteiger partial charge in [0, 0.05) is 10.0 Å². The fraction of sp³-hybridized carbons (Fsp3) is 0.333. The standard InChI is InChI=1S/C12H13BrN4O2/c1-7-3-4-10(13)9(5-7)11-14-15-16-17(11)6-8(2)12(18)19/h3-5,8H,6H2,1-2H3,(H,18,19). The highest BCUT2D eigenvalue weighted by atomic mass is 79.9. The summed E-state index contributed by atoms with van der Waals surface area (Å²) in [6.45, 7) is 3.83. The predicted octanol–water partition coefficient (Wildman–Crippen LogP) is 2.13. The summed E-state index contributed by atoms with van der Waals surface area (Å²) >= 11 is 3.46. The van der Waals surface area contributed by atoms with Gasteiger partial charge < -0.3 is 5.11 Å². The molecule has 2 rings (SSSR count). The Kier molecular flexibility index (Phi) is 3.94. The van der Waals surface area contributed by atoms with Crippen molar-refractivity contribution in [3.05, 3.63) is 28.2 Å². The number of carboxylic acid groups (broad SMARTS) is 1. The van der Waals surface area contributed by atoms with Gasteiger partial charge in [-0.1, -0.05) is 34.5 Å². The molecule has 0 fully saturated rings. The molecule has 1 atom stereocenters. The number of aliphatic carboxylic acids is 1. The van der Waals surface area contributed by atoms with E-state index in [4.69, 9.17) is 5.11 Å². The van der Waals surface area contributed by atoms with E-state index in [-0.39, 0.29) is 6.54 Å². The fourth-order valence-electron chi connectivity index (χ4n) is 1.67. The summed E-state index contributed by atoms with van der Waals surface area (Å²) < 4.78 is 2.38. The Hall–Kier alpha value is -1.76. The molecule has 6 nitrogen and oxygen atoms in total. The van der Waals surface area contributed by atoms with Gasteiger partial charge in [-0.2, -0.15) is 0 Å². The van der Waals surface area contributed by atoms with E-state index in [0.717, 1.165) is 15.6 Å². The fourth-order valence-corrected chi connectivity index (χ4v) is 2.09. The molecule has 0 bridgehead atoms. The number of benzene rings is 1. The molecular weight excluding hydrogens is 312 g/mol. The maximum absolute atomic E-state index is 10.9. The molecule has 0 spiro atoms. The van der Waals surface area contributed by atoms with Crippen LogP contribution in [0.4, 0.5) is 0 Å². The molecule has 0 aliphatic carbocycles. The molecule has 100 valence electrons. The third kappa shape index (κ3) is 2.98. The summed E-state index contributed by atoms with van der Waals surface area (Å²) in [5.41, 5.74) is 1.93. The first-order chi connectivity index (χ1) is 8.99. The van der Waals surface area contributed by atoms with Gasteiger partial charge in [-0.05, 0) is 29.5 Å². The number of hydrogen-bond donors (Lipinski definition) is 1. The van der Waals surface area contributed by atoms with Crippen LogP contribution in [0, 0.1) is 12.8 Å². The van der Waals surface area contributed by atoms with E-state index in [0.29, 0.717) is 5.82 Å². The average Bonchev–Trinajstić information content (AvgIpc) is 2.80. The number of carboxylic acids is 1. The molecule has 2 aromatic rings. The molecule has 1 aromatic heterocycles. The monoisotopic (exact) mass is 324 g/mol. The van der Waals surface area contributed by atoms with Gasteiger partial charge in [-0.3, -0.25) is 4.79 Å². The van der Waals surface area contributed by atoms with Gasteiger partial charge in [0.05, 0.1) is 12.5 Å². The first-order valence-corrected chi connectivity index (χ1v) is 6.54. The molecule has 7 heteroatoms. The van der Waals surface area contributed by atoms with Gasteiger partial charge in [-0.25, -0.2) is 4.68 Å². The van der Waals surface area contributed by atoms with Gasteiger partial charge >= 0.3 is 5.97 Å². The van der Waals surface area contributed by atoms with Crippen molar-refractivity contribution in [2.45, 2.75) is 20.4 Å². The topological polar surface area (TPSA) is 80.9 Å². The van der Waals surface area contributed by atoms with E-state index in [9.17, 15) is 4.79 Å². The number of tetrazole rings is 1. The zero-order chi connectivity index (χ0) is 14.0. The SMILES string of the molecule is Cc1ccc(Br)c(-c2nnnn2CC(C)C(=O)O)c1. The first-order valence-electron chi connectivity index (χ1n) is 5.74. The molecular formula is C12H13BrN4O2. The lowest BCUT2D eigenvalue weighted by Crippen LogP contribution is -2.18. The van der Waals surface area contributed by atoms with Crippen LogP contribution < -0.4 is 0 Å². The average molecular weight is 325 g/mol. The van der Waals surface area contributed by atoms with Crippen molar-refractivity contribution in [2.24, 2.45) is 5.92 Å². The Bertz CT molecular complexity index is 612. The number of carbonyl (C=O) groups is 1. The van der Waals surface area contributed by atoms with Gasteiger partial charge in [0.15, 0.2) is 5.82 Å². The number of nitrogens with zero attached hydrogens (tertiary/aromatic N) is 4. The zero-order valence-corrected chi connectivity index (χ0v) is 12.1. The Morgan fingerprint density at radius 1 is 1.53 bits per heavy atom. The Morgan fingerprint density at radius 3 is 2.95 bits per heavy atom. The van der Waals surface area contributed by atoms with E-state index < -0.39 is 11.9 Å². The van der Waals surface area contributed by atoms with Crippen molar-refractivity contribution in [3.63, 3.8) is 0 Å². The molecule has 19 heavy (non-hydrogen) atoms. The highest BCUT2D eigenvalue weighted by Crippen LogP contribution is 2.27. The van der Waals surface area contributed by atoms with Crippen molar-refractivity contribution < 1.29 is 9.90 Å². The molecule has 0 saturated heterocycles. The molecule has 0 aliphatic rings. The minimum Gasteiger partial charge on any atom is -0.481 e. The highest BCUT2D eigenvalue weighted by Gasteiger charge is 2.17. The summed E-state index contributed by atoms with van der Waals surface area (Å²) in [6.07, 6.45) is 0. The second-order valence-electron chi connectivity index (χ2n) is 4.41. The van der Waals surface area contributed by atoms with Gasteiger partial charge in [-0.15, -0.1) is 5.10 Å². The smallest absolute Gasteiger partial charge is 0.308 e. The number of rotatable bonds is 4. The second kappa shape index (κ2) is 5.48. The molecule has 0 amide bonds. The Labute approximate surface area is 118 Å². The number of halogens is 1. The van der Waals surface area contributed by atoms with Crippen LogP contribution in [-0.2, 0) is 11.3 Å². The van der Waals surface area contributed by atoms with E-state index in [1.165, 1.54) is 4.68 Å². The predicted molar refractivity (Wildman–Crippen MR) is 72.5 cm³/mol. The maximum Gasteiger partial charge on any atom is 0.308 e. The Morgan fingerprint density at radius 2 is 2.26 bits per heavy atom. The first kappa shape index (κ1) is 13.7. The largest absolute Gasteiger partial charge is 0.481 e. The van der Waals surface area contributed by atoms with Crippen molar-refractivity contribution in [1.82, 2.24) is 20.2 Å². The summed E-state index contributed by atoms with van der Waals surface area (Å²) in [5, 5.41) is 20.4. The lowest BCUT2D eigenvalue weighted by atomic mass is 10.1. The van der Waals surface area contributed by atoms with Crippen LogP contribution in [0.25, 0.3) is 11.4 Å². The zero-order valence-electron chi connectivity index (χ0n) is 10.5. The van der Waals surface area contributed by atoms with Gasteiger partial charge in [0.1, 0.15) is 0 Å². The molecule has 0 radical (unpaired) electrons. The minimum atomic E-state index is -0.871. The lowest BCUT2D eigenvalue weighted by molar-refractivity contribution is -0.141. The van der Waals surface area contributed by atoms with Crippen molar-refractivity contribution in [1.29, 1.82) is 0 Å². The summed E-state index contributed by atoms with van der Waals surface area (Å²) in [6, 6.07) is 5.85. The number of hydrogen-bond acceptors (Lipinski definition) is 4. The Balaban J connectivity index is 2.39. The van der Waals surface area contributed by atoms with Crippen LogP contribution in [0.3, 0.4) is 0 Å². The minimum absolute atomic E-state index is 0.234. The normalized spacial score (nSPS) is 12.4. The van der Waals surface area contributed by atoms with Gasteiger partial charge in [0.2, 0.25) is 0 Å². The van der Waals surface area contributed by atoms with Crippen LogP contribution in [0.1, 0.15) is 12.5 Å². The van der Waals surface area contributed by atoms with E-state index in [1.807, 2.05) is 25.1 Å². The van der Waals surface area contributed by atoms with Crippen LogP contribution in [0.5, 0.6) is 0 Å². The van der Waals surface area contributed by atoms with Crippen molar-refractivity contribution >= 4 is 21.9 Å². The van der Waals surface area contributed by atoms with E-state index in [1.54, 1.807) is 6.92 Å². The molecule has 1 N–H and O–H groups in total. The van der Waals surface area contributed by atoms with E-state index in [2.05, 4.69) is 31.5 Å². The van der Waals surface area contributed by atoms with Gasteiger partial charge in [0.25, 0.3) is 0 Å². The third-order valence-corrected chi connectivity index (χ3v) is 3.45. The number of aryl methyl sites for hydroxylation is 1. The van der Waals surface area contributed by atoms with E-state index >= 15 is 0 Å². The highest BCUT2D eigenvalue weighted by molar-refractivity contribution is 9.10. The molecule has 1 unspecified atom stereocenters. The molecule has 1 heterocycles. The lowest BCUT2D eigenvalue weighted by Gasteiger charge is -2.09. The molecule has 1 aromatic carbocycles. The van der Waals surface area contributed by atoms with Crippen LogP contribution in [0.2, 0.25) is 0 Å².